The van der Waals surface area contributed by atoms with Crippen LogP contribution in [0.5, 0.6) is 0 Å². The van der Waals surface area contributed by atoms with Gasteiger partial charge >= 0.3 is 0 Å². The molecule has 7 nitrogen and oxygen atoms in total. The summed E-state index contributed by atoms with van der Waals surface area (Å²) in [5.74, 6) is -0.131. The van der Waals surface area contributed by atoms with Crippen molar-refractivity contribution in [2.24, 2.45) is 0 Å². The van der Waals surface area contributed by atoms with E-state index in [9.17, 15) is 13.2 Å². The average Bonchev–Trinajstić information content (AvgIpc) is 2.48. The van der Waals surface area contributed by atoms with E-state index in [1.54, 1.807) is 6.07 Å². The first-order valence-corrected chi connectivity index (χ1v) is 8.88. The van der Waals surface area contributed by atoms with Crippen molar-refractivity contribution < 1.29 is 13.2 Å². The van der Waals surface area contributed by atoms with Crippen LogP contribution in [0.3, 0.4) is 0 Å². The maximum absolute atomic E-state index is 12.0. The molecule has 1 fully saturated rings. The number of aromatic nitrogens is 1. The van der Waals surface area contributed by atoms with Gasteiger partial charge in [-0.05, 0) is 38.4 Å². The zero-order chi connectivity index (χ0) is 16.0. The summed E-state index contributed by atoms with van der Waals surface area (Å²) in [6.07, 6.45) is 4.70. The summed E-state index contributed by atoms with van der Waals surface area (Å²) in [5.41, 5.74) is 0. The van der Waals surface area contributed by atoms with Gasteiger partial charge in [-0.25, -0.2) is 13.1 Å². The molecule has 0 aromatic carbocycles. The molecular weight excluding hydrogens is 304 g/mol. The van der Waals surface area contributed by atoms with Gasteiger partial charge in [0, 0.05) is 37.4 Å². The number of rotatable bonds is 6. The van der Waals surface area contributed by atoms with Crippen LogP contribution in [-0.4, -0.2) is 44.5 Å². The molecule has 2 atom stereocenters. The number of amides is 1. The minimum absolute atomic E-state index is 0.0730. The van der Waals surface area contributed by atoms with Crippen LogP contribution in [0.4, 0.5) is 0 Å². The summed E-state index contributed by atoms with van der Waals surface area (Å²) in [5, 5.41) is 6.27. The van der Waals surface area contributed by atoms with E-state index in [1.807, 2.05) is 0 Å². The molecule has 1 aliphatic heterocycles. The van der Waals surface area contributed by atoms with Crippen LogP contribution in [-0.2, 0) is 14.8 Å². The molecule has 1 aliphatic rings. The molecule has 2 heterocycles. The van der Waals surface area contributed by atoms with Crippen molar-refractivity contribution in [3.05, 3.63) is 24.5 Å². The Bertz CT molecular complexity index is 591. The number of piperidine rings is 1. The summed E-state index contributed by atoms with van der Waals surface area (Å²) in [6.45, 7) is 3.05. The number of sulfonamides is 1. The van der Waals surface area contributed by atoms with E-state index < -0.39 is 10.0 Å². The van der Waals surface area contributed by atoms with Crippen molar-refractivity contribution in [2.45, 2.75) is 43.2 Å². The molecule has 1 aromatic rings. The monoisotopic (exact) mass is 326 g/mol. The summed E-state index contributed by atoms with van der Waals surface area (Å²) >= 11 is 0. The summed E-state index contributed by atoms with van der Waals surface area (Å²) in [4.78, 5) is 15.7. The molecule has 0 bridgehead atoms. The minimum Gasteiger partial charge on any atom is -0.353 e. The number of nitrogens with zero attached hydrogens (tertiary/aromatic N) is 1. The number of nitrogens with one attached hydrogen (secondary N) is 3. The SMILES string of the molecule is CC1CC(NC(=O)CCNS(=O)(=O)c2cccnc2)CCN1. The van der Waals surface area contributed by atoms with E-state index in [2.05, 4.69) is 27.3 Å². The van der Waals surface area contributed by atoms with E-state index in [0.29, 0.717) is 6.04 Å². The van der Waals surface area contributed by atoms with Gasteiger partial charge in [-0.3, -0.25) is 9.78 Å². The largest absolute Gasteiger partial charge is 0.353 e. The molecule has 8 heteroatoms. The first kappa shape index (κ1) is 16.9. The molecule has 0 saturated carbocycles. The maximum Gasteiger partial charge on any atom is 0.242 e. The number of hydrogen-bond donors (Lipinski definition) is 3. The number of carbonyl (C=O) groups is 1. The molecule has 1 saturated heterocycles. The van der Waals surface area contributed by atoms with Gasteiger partial charge in [0.1, 0.15) is 4.90 Å². The molecule has 1 aromatic heterocycles. The maximum atomic E-state index is 12.0. The number of carbonyl (C=O) groups excluding carboxylic acids is 1. The normalized spacial score (nSPS) is 22.2. The molecule has 0 spiro atoms. The fraction of sp³-hybridized carbons (Fsp3) is 0.571. The second kappa shape index (κ2) is 7.66. The van der Waals surface area contributed by atoms with Crippen molar-refractivity contribution >= 4 is 15.9 Å². The van der Waals surface area contributed by atoms with Crippen molar-refractivity contribution in [1.29, 1.82) is 0 Å². The predicted octanol–water partition coefficient (Wildman–Crippen LogP) is 0.00670. The zero-order valence-corrected chi connectivity index (χ0v) is 13.4. The van der Waals surface area contributed by atoms with Gasteiger partial charge in [-0.15, -0.1) is 0 Å². The zero-order valence-electron chi connectivity index (χ0n) is 12.6. The third-order valence-electron chi connectivity index (χ3n) is 3.58. The molecule has 0 radical (unpaired) electrons. The topological polar surface area (TPSA) is 100 Å². The van der Waals surface area contributed by atoms with Gasteiger partial charge in [-0.1, -0.05) is 0 Å². The first-order chi connectivity index (χ1) is 10.5. The fourth-order valence-electron chi connectivity index (χ4n) is 2.45. The third kappa shape index (κ3) is 5.04. The van der Waals surface area contributed by atoms with Crippen molar-refractivity contribution in [1.82, 2.24) is 20.3 Å². The highest BCUT2D eigenvalue weighted by Crippen LogP contribution is 2.08. The van der Waals surface area contributed by atoms with Crippen LogP contribution in [0.2, 0.25) is 0 Å². The van der Waals surface area contributed by atoms with Gasteiger partial charge < -0.3 is 10.6 Å². The molecule has 2 rings (SSSR count). The Morgan fingerprint density at radius 2 is 2.32 bits per heavy atom. The van der Waals surface area contributed by atoms with Crippen LogP contribution < -0.4 is 15.4 Å². The van der Waals surface area contributed by atoms with E-state index in [0.717, 1.165) is 19.4 Å². The van der Waals surface area contributed by atoms with Gasteiger partial charge in [0.2, 0.25) is 15.9 Å². The van der Waals surface area contributed by atoms with E-state index in [4.69, 9.17) is 0 Å². The van der Waals surface area contributed by atoms with Crippen molar-refractivity contribution in [3.63, 3.8) is 0 Å². The lowest BCUT2D eigenvalue weighted by Gasteiger charge is -2.28. The highest BCUT2D eigenvalue weighted by Gasteiger charge is 2.20. The lowest BCUT2D eigenvalue weighted by molar-refractivity contribution is -0.121. The van der Waals surface area contributed by atoms with Crippen LogP contribution in [0, 0.1) is 0 Å². The van der Waals surface area contributed by atoms with Gasteiger partial charge in [0.25, 0.3) is 0 Å². The highest BCUT2D eigenvalue weighted by molar-refractivity contribution is 7.89. The lowest BCUT2D eigenvalue weighted by atomic mass is 10.0. The van der Waals surface area contributed by atoms with Gasteiger partial charge in [0.15, 0.2) is 0 Å². The number of pyridine rings is 1. The molecule has 122 valence electrons. The Balaban J connectivity index is 1.75. The van der Waals surface area contributed by atoms with Crippen LogP contribution in [0.1, 0.15) is 26.2 Å². The molecule has 22 heavy (non-hydrogen) atoms. The van der Waals surface area contributed by atoms with Crippen LogP contribution in [0.15, 0.2) is 29.4 Å². The Morgan fingerprint density at radius 1 is 1.50 bits per heavy atom. The second-order valence-corrected chi connectivity index (χ2v) is 7.25. The summed E-state index contributed by atoms with van der Waals surface area (Å²) < 4.78 is 26.3. The standard InChI is InChI=1S/C14H22N4O3S/c1-11-9-12(4-7-16-11)18-14(19)5-8-17-22(20,21)13-3-2-6-15-10-13/h2-3,6,10-12,16-17H,4-5,7-9H2,1H3,(H,18,19). The van der Waals surface area contributed by atoms with Crippen molar-refractivity contribution in [3.8, 4) is 0 Å². The van der Waals surface area contributed by atoms with E-state index in [-0.39, 0.29) is 29.8 Å². The quantitative estimate of drug-likeness (QED) is 0.683. The summed E-state index contributed by atoms with van der Waals surface area (Å²) in [7, 11) is -3.60. The summed E-state index contributed by atoms with van der Waals surface area (Å²) in [6, 6.07) is 3.58. The molecule has 2 unspecified atom stereocenters. The molecular formula is C14H22N4O3S. The minimum atomic E-state index is -3.60. The Labute approximate surface area is 131 Å². The number of hydrogen-bond acceptors (Lipinski definition) is 5. The predicted molar refractivity (Wildman–Crippen MR) is 82.7 cm³/mol. The van der Waals surface area contributed by atoms with Gasteiger partial charge in [0.05, 0.1) is 0 Å². The highest BCUT2D eigenvalue weighted by atomic mass is 32.2. The van der Waals surface area contributed by atoms with E-state index in [1.165, 1.54) is 18.5 Å². The molecule has 3 N–H and O–H groups in total. The molecule has 1 amide bonds. The van der Waals surface area contributed by atoms with E-state index >= 15 is 0 Å². The fourth-order valence-corrected chi connectivity index (χ4v) is 3.45. The van der Waals surface area contributed by atoms with Crippen LogP contribution >= 0.6 is 0 Å². The average molecular weight is 326 g/mol. The van der Waals surface area contributed by atoms with Crippen molar-refractivity contribution in [2.75, 3.05) is 13.1 Å². The smallest absolute Gasteiger partial charge is 0.242 e. The van der Waals surface area contributed by atoms with Gasteiger partial charge in [-0.2, -0.15) is 0 Å². The lowest BCUT2D eigenvalue weighted by Crippen LogP contribution is -2.47. The Hall–Kier alpha value is -1.51. The Morgan fingerprint density at radius 3 is 3.00 bits per heavy atom. The Kier molecular flexibility index (Phi) is 5.87. The first-order valence-electron chi connectivity index (χ1n) is 7.40. The van der Waals surface area contributed by atoms with Crippen LogP contribution in [0.25, 0.3) is 0 Å². The third-order valence-corrected chi connectivity index (χ3v) is 5.02. The second-order valence-electron chi connectivity index (χ2n) is 5.48. The molecule has 0 aliphatic carbocycles.